The van der Waals surface area contributed by atoms with Gasteiger partial charge in [-0.3, -0.25) is 14.4 Å². The fourth-order valence-corrected chi connectivity index (χ4v) is 5.28. The van der Waals surface area contributed by atoms with E-state index in [1.54, 1.807) is 13.0 Å². The van der Waals surface area contributed by atoms with Crippen molar-refractivity contribution >= 4 is 29.1 Å². The van der Waals surface area contributed by atoms with Crippen LogP contribution in [-0.4, -0.2) is 47.6 Å². The van der Waals surface area contributed by atoms with Crippen molar-refractivity contribution in [3.05, 3.63) is 63.2 Å². The Kier molecular flexibility index (Phi) is 10.9. The predicted molar refractivity (Wildman–Crippen MR) is 150 cm³/mol. The number of benzene rings is 1. The van der Waals surface area contributed by atoms with Gasteiger partial charge in [0.05, 0.1) is 24.3 Å². The Hall–Kier alpha value is -3.07. The summed E-state index contributed by atoms with van der Waals surface area (Å²) in [5.41, 5.74) is 2.37. The van der Waals surface area contributed by atoms with Crippen LogP contribution < -0.4 is 4.74 Å². The predicted octanol–water partition coefficient (Wildman–Crippen LogP) is 7.30. The molecule has 2 aliphatic rings. The van der Waals surface area contributed by atoms with Crippen LogP contribution in [0.1, 0.15) is 82.6 Å². The Morgan fingerprint density at radius 2 is 1.80 bits per heavy atom. The molecule has 2 atom stereocenters. The first-order valence-corrected chi connectivity index (χ1v) is 14.2. The molecule has 0 spiro atoms. The lowest BCUT2D eigenvalue weighted by molar-refractivity contribution is -0.122. The van der Waals surface area contributed by atoms with Gasteiger partial charge in [0, 0.05) is 49.3 Å². The second-order valence-corrected chi connectivity index (χ2v) is 11.1. The molecule has 2 unspecified atom stereocenters. The number of nitrogens with zero attached hydrogens (tertiary/aromatic N) is 1. The second-order valence-electron chi connectivity index (χ2n) is 10.7. The third-order valence-corrected chi connectivity index (χ3v) is 7.65. The lowest BCUT2D eigenvalue weighted by Gasteiger charge is -2.25. The molecule has 1 aromatic rings. The number of carbonyl (C=O) groups is 3. The lowest BCUT2D eigenvalue weighted by Crippen LogP contribution is -2.40. The molecule has 41 heavy (non-hydrogen) atoms. The molecule has 10 heteroatoms. The summed E-state index contributed by atoms with van der Waals surface area (Å²) in [7, 11) is 0. The zero-order valence-corrected chi connectivity index (χ0v) is 24.9. The monoisotopic (exact) mass is 595 g/mol. The first-order chi connectivity index (χ1) is 19.3. The van der Waals surface area contributed by atoms with E-state index in [4.69, 9.17) is 21.1 Å². The maximum absolute atomic E-state index is 14.8. The Labute approximate surface area is 244 Å². The van der Waals surface area contributed by atoms with E-state index in [9.17, 15) is 27.6 Å². The average Bonchev–Trinajstić information content (AvgIpc) is 3.20. The average molecular weight is 596 g/mol. The van der Waals surface area contributed by atoms with Gasteiger partial charge in [-0.2, -0.15) is 0 Å². The molecule has 0 radical (unpaired) electrons. The molecule has 1 aliphatic heterocycles. The van der Waals surface area contributed by atoms with Crippen molar-refractivity contribution in [2.45, 2.75) is 85.2 Å². The molecule has 0 bridgehead atoms. The number of rotatable bonds is 14. The van der Waals surface area contributed by atoms with Crippen LogP contribution >= 0.6 is 11.6 Å². The van der Waals surface area contributed by atoms with E-state index in [-0.39, 0.29) is 54.8 Å². The van der Waals surface area contributed by atoms with Crippen LogP contribution in [0.3, 0.4) is 0 Å². The van der Waals surface area contributed by atoms with Crippen LogP contribution in [0.25, 0.3) is 0 Å². The zero-order valence-electron chi connectivity index (χ0n) is 24.1. The van der Waals surface area contributed by atoms with E-state index < -0.39 is 43.1 Å². The van der Waals surface area contributed by atoms with Crippen LogP contribution in [-0.2, 0) is 20.9 Å². The molecule has 3 rings (SSSR count). The minimum Gasteiger partial charge on any atom is -0.491 e. The van der Waals surface area contributed by atoms with Gasteiger partial charge >= 0.3 is 0 Å². The van der Waals surface area contributed by atoms with Crippen molar-refractivity contribution in [1.82, 2.24) is 4.90 Å². The highest BCUT2D eigenvalue weighted by atomic mass is 35.5. The molecule has 1 aliphatic carbocycles. The van der Waals surface area contributed by atoms with Crippen molar-refractivity contribution in [3.63, 3.8) is 0 Å². The maximum Gasteiger partial charge on any atom is 0.255 e. The van der Waals surface area contributed by atoms with Crippen molar-refractivity contribution in [2.24, 2.45) is 5.92 Å². The number of Topliss-reactive ketones (excluding diaryl/α,β-unsaturated/α-hetero) is 2. The van der Waals surface area contributed by atoms with Gasteiger partial charge in [0.25, 0.3) is 11.8 Å². The number of hydrogen-bond donors (Lipinski definition) is 0. The zero-order chi connectivity index (χ0) is 30.5. The van der Waals surface area contributed by atoms with E-state index in [0.29, 0.717) is 22.8 Å². The van der Waals surface area contributed by atoms with Gasteiger partial charge in [0.15, 0.2) is 17.3 Å². The molecular formula is C31H37ClF3NO5. The summed E-state index contributed by atoms with van der Waals surface area (Å²) in [5, 5.41) is 0.360. The Balaban J connectivity index is 1.58. The topological polar surface area (TPSA) is 72.9 Å². The molecule has 1 amide bonds. The first-order valence-electron chi connectivity index (χ1n) is 13.8. The van der Waals surface area contributed by atoms with E-state index in [2.05, 4.69) is 0 Å². The van der Waals surface area contributed by atoms with Gasteiger partial charge in [-0.05, 0) is 51.0 Å². The second kappa shape index (κ2) is 13.7. The van der Waals surface area contributed by atoms with Crippen LogP contribution in [0, 0.1) is 11.7 Å². The fraction of sp³-hybridized carbons (Fsp3) is 0.516. The van der Waals surface area contributed by atoms with Crippen LogP contribution in [0.2, 0.25) is 0 Å². The highest BCUT2D eigenvalue weighted by molar-refractivity contribution is 6.31. The molecule has 0 fully saturated rings. The van der Waals surface area contributed by atoms with Crippen LogP contribution in [0.15, 0.2) is 46.2 Å². The molecule has 1 heterocycles. The third kappa shape index (κ3) is 8.03. The Morgan fingerprint density at radius 3 is 2.41 bits per heavy atom. The van der Waals surface area contributed by atoms with Crippen molar-refractivity contribution in [3.8, 4) is 5.75 Å². The Bertz CT molecular complexity index is 1280. The van der Waals surface area contributed by atoms with Crippen molar-refractivity contribution in [1.29, 1.82) is 0 Å². The summed E-state index contributed by atoms with van der Waals surface area (Å²) in [6.07, 6.45) is 3.03. The van der Waals surface area contributed by atoms with Gasteiger partial charge in [-0.15, -0.1) is 0 Å². The molecule has 1 aromatic carbocycles. The maximum atomic E-state index is 14.8. The summed E-state index contributed by atoms with van der Waals surface area (Å²) < 4.78 is 55.0. The summed E-state index contributed by atoms with van der Waals surface area (Å²) in [6, 6.07) is 1.50. The number of ether oxygens (including phenoxy) is 2. The largest absolute Gasteiger partial charge is 0.491 e. The summed E-state index contributed by atoms with van der Waals surface area (Å²) in [6.45, 7) is 8.17. The molecule has 224 valence electrons. The van der Waals surface area contributed by atoms with E-state index in [1.807, 2.05) is 26.8 Å². The smallest absolute Gasteiger partial charge is 0.255 e. The summed E-state index contributed by atoms with van der Waals surface area (Å²) in [4.78, 5) is 38.2. The molecule has 0 N–H and O–H groups in total. The molecular weight excluding hydrogens is 559 g/mol. The van der Waals surface area contributed by atoms with Crippen molar-refractivity contribution in [2.75, 3.05) is 13.2 Å². The van der Waals surface area contributed by atoms with Gasteiger partial charge in [-0.1, -0.05) is 37.1 Å². The number of hydrogen-bond acceptors (Lipinski definition) is 5. The van der Waals surface area contributed by atoms with Gasteiger partial charge in [0.1, 0.15) is 11.5 Å². The van der Waals surface area contributed by atoms with Crippen molar-refractivity contribution < 1.29 is 37.0 Å². The first kappa shape index (κ1) is 32.4. The highest BCUT2D eigenvalue weighted by Gasteiger charge is 2.36. The van der Waals surface area contributed by atoms with Crippen LogP contribution in [0.5, 0.6) is 5.75 Å². The van der Waals surface area contributed by atoms with E-state index in [1.165, 1.54) is 17.9 Å². The van der Waals surface area contributed by atoms with Crippen LogP contribution in [0.4, 0.5) is 13.2 Å². The summed E-state index contributed by atoms with van der Waals surface area (Å²) >= 11 is 6.26. The minimum absolute atomic E-state index is 0.0234. The van der Waals surface area contributed by atoms with Gasteiger partial charge in [-0.25, -0.2) is 13.2 Å². The van der Waals surface area contributed by atoms with Gasteiger partial charge < -0.3 is 14.4 Å². The number of alkyl halides is 2. The standard InChI is InChI=1S/C31H37ClF3NO5/c1-6-22(38)8-10-26(20(5)37)36-17-21-15-27(25(33)16-23(21)30(36)39)40-13-11-31(34,35)12-14-41-29-24(32)9-7-19(4)28(29)18(2)3/h7,9,15-16,19,26H,6,8,10-14,17H2,1-5H3. The number of ketones is 2. The number of amides is 1. The number of halogens is 4. The highest BCUT2D eigenvalue weighted by Crippen LogP contribution is 2.36. The number of allylic oxidation sites excluding steroid dienone is 5. The Morgan fingerprint density at radius 1 is 1.15 bits per heavy atom. The van der Waals surface area contributed by atoms with E-state index >= 15 is 0 Å². The minimum atomic E-state index is -3.14. The SMILES string of the molecule is CCC(=O)CCC(C(C)=O)N1Cc2cc(OCCC(F)(F)CCOC3=C(Cl)C=CC(C)C3=C(C)C)c(F)cc2C1=O. The number of carbonyl (C=O) groups excluding carboxylic acids is 3. The molecule has 0 saturated carbocycles. The normalized spacial score (nSPS) is 17.6. The molecule has 6 nitrogen and oxygen atoms in total. The van der Waals surface area contributed by atoms with E-state index in [0.717, 1.165) is 17.2 Å². The molecule has 0 saturated heterocycles. The third-order valence-electron chi connectivity index (χ3n) is 7.35. The molecule has 0 aromatic heterocycles. The summed E-state index contributed by atoms with van der Waals surface area (Å²) in [5.74, 6) is -4.61. The van der Waals surface area contributed by atoms with Gasteiger partial charge in [0.2, 0.25) is 0 Å². The number of fused-ring (bicyclic) bond motifs is 1. The lowest BCUT2D eigenvalue weighted by atomic mass is 9.91. The fourth-order valence-electron chi connectivity index (χ4n) is 5.05. The quantitative estimate of drug-likeness (QED) is 0.226.